The number of fused-ring (bicyclic) bond motifs is 1. The summed E-state index contributed by atoms with van der Waals surface area (Å²) >= 11 is 0. The number of nitrogens with two attached hydrogens (primary N) is 1. The molecule has 1 aliphatic rings. The fourth-order valence-corrected chi connectivity index (χ4v) is 4.51. The quantitative estimate of drug-likeness (QED) is 0.532. The van der Waals surface area contributed by atoms with Crippen LogP contribution in [0.3, 0.4) is 0 Å². The van der Waals surface area contributed by atoms with E-state index in [0.717, 1.165) is 20.1 Å². The number of amides is 1. The summed E-state index contributed by atoms with van der Waals surface area (Å²) in [6.07, 6.45) is -4.82. The van der Waals surface area contributed by atoms with Gasteiger partial charge in [-0.05, 0) is 25.5 Å². The van der Waals surface area contributed by atoms with Crippen LogP contribution in [0.25, 0.3) is 11.0 Å². The number of imidazole rings is 1. The van der Waals surface area contributed by atoms with Crippen molar-refractivity contribution in [3.05, 3.63) is 52.6 Å². The third-order valence-electron chi connectivity index (χ3n) is 6.53. The number of nitrogens with zero attached hydrogens (tertiary/aromatic N) is 2. The standard InChI is InChI=1S/C22H21F5N4O3/c1-8-7-29-16(19(28)32)15-14(8)30-20(31-15)18-12(9(2)21(3,34-18)22(25,26)27)10-5-6-11(23)13(24)17(10)33-4/h5-7,9,12,18H,1-4H3,(H2,28,32)(H,30,31)/t9-,12-,18+,21+/m0/s1. The largest absolute Gasteiger partial charge is 0.493 e. The average Bonchev–Trinajstić information content (AvgIpc) is 3.31. The first-order valence-corrected chi connectivity index (χ1v) is 10.2. The van der Waals surface area contributed by atoms with Crippen LogP contribution in [0, 0.1) is 24.5 Å². The number of methoxy groups -OCH3 is 1. The number of alkyl halides is 3. The molecular weight excluding hydrogens is 463 g/mol. The predicted molar refractivity (Wildman–Crippen MR) is 110 cm³/mol. The smallest absolute Gasteiger partial charge is 0.417 e. The van der Waals surface area contributed by atoms with Crippen LogP contribution in [0.15, 0.2) is 18.3 Å². The molecule has 3 N–H and O–H groups in total. The summed E-state index contributed by atoms with van der Waals surface area (Å²) in [6, 6.07) is 1.99. The van der Waals surface area contributed by atoms with Crippen LogP contribution in [0.5, 0.6) is 5.75 Å². The monoisotopic (exact) mass is 484 g/mol. The fraction of sp³-hybridized carbons (Fsp3) is 0.409. The van der Waals surface area contributed by atoms with Crippen LogP contribution < -0.4 is 10.5 Å². The van der Waals surface area contributed by atoms with Crippen molar-refractivity contribution in [3.8, 4) is 5.75 Å². The van der Waals surface area contributed by atoms with Gasteiger partial charge in [0.2, 0.25) is 5.82 Å². The zero-order chi connectivity index (χ0) is 25.2. The van der Waals surface area contributed by atoms with Gasteiger partial charge in [0.05, 0.1) is 18.1 Å². The number of aromatic amines is 1. The Balaban J connectivity index is 1.97. The second kappa shape index (κ2) is 7.90. The maximum atomic E-state index is 14.5. The number of H-pyrrole nitrogens is 1. The summed E-state index contributed by atoms with van der Waals surface area (Å²) in [5.41, 5.74) is 3.50. The molecule has 34 heavy (non-hydrogen) atoms. The number of carbonyl (C=O) groups is 1. The lowest BCUT2D eigenvalue weighted by molar-refractivity contribution is -0.275. The Bertz CT molecular complexity index is 1290. The third kappa shape index (κ3) is 3.39. The number of aromatic nitrogens is 3. The summed E-state index contributed by atoms with van der Waals surface area (Å²) in [7, 11) is 1.09. The zero-order valence-electron chi connectivity index (χ0n) is 18.6. The van der Waals surface area contributed by atoms with Gasteiger partial charge in [-0.2, -0.15) is 17.6 Å². The molecule has 1 amide bonds. The van der Waals surface area contributed by atoms with Crippen LogP contribution in [0.4, 0.5) is 22.0 Å². The normalized spacial score (nSPS) is 25.1. The lowest BCUT2D eigenvalue weighted by Crippen LogP contribution is -2.46. The Morgan fingerprint density at radius 3 is 2.56 bits per heavy atom. The highest BCUT2D eigenvalue weighted by Gasteiger charge is 2.65. The minimum Gasteiger partial charge on any atom is -0.493 e. The predicted octanol–water partition coefficient (Wildman–Crippen LogP) is 4.46. The van der Waals surface area contributed by atoms with Gasteiger partial charge >= 0.3 is 6.18 Å². The number of primary amides is 1. The van der Waals surface area contributed by atoms with E-state index in [2.05, 4.69) is 15.0 Å². The number of rotatable bonds is 4. The van der Waals surface area contributed by atoms with Crippen molar-refractivity contribution in [2.45, 2.75) is 44.6 Å². The number of halogens is 5. The van der Waals surface area contributed by atoms with Crippen molar-refractivity contribution in [2.75, 3.05) is 7.11 Å². The first-order chi connectivity index (χ1) is 15.8. The molecule has 4 rings (SSSR count). The van der Waals surface area contributed by atoms with Crippen LogP contribution >= 0.6 is 0 Å². The van der Waals surface area contributed by atoms with Gasteiger partial charge in [-0.3, -0.25) is 4.79 Å². The van der Waals surface area contributed by atoms with E-state index in [0.29, 0.717) is 5.56 Å². The highest BCUT2D eigenvalue weighted by atomic mass is 19.4. The second-order valence-electron chi connectivity index (χ2n) is 8.44. The zero-order valence-corrected chi connectivity index (χ0v) is 18.6. The molecule has 0 saturated carbocycles. The van der Waals surface area contributed by atoms with E-state index in [1.54, 1.807) is 6.92 Å². The number of carbonyl (C=O) groups excluding carboxylic acids is 1. The molecule has 3 aromatic rings. The molecule has 0 bridgehead atoms. The number of hydrogen-bond donors (Lipinski definition) is 2. The number of hydrogen-bond acceptors (Lipinski definition) is 5. The van der Waals surface area contributed by atoms with Crippen LogP contribution in [-0.2, 0) is 4.74 Å². The molecule has 0 spiro atoms. The Morgan fingerprint density at radius 1 is 1.29 bits per heavy atom. The molecule has 1 fully saturated rings. The minimum absolute atomic E-state index is 0.0164. The molecule has 2 aromatic heterocycles. The van der Waals surface area contributed by atoms with E-state index in [-0.39, 0.29) is 28.1 Å². The lowest BCUT2D eigenvalue weighted by Gasteiger charge is -2.32. The van der Waals surface area contributed by atoms with Crippen molar-refractivity contribution in [3.63, 3.8) is 0 Å². The molecule has 1 saturated heterocycles. The van der Waals surface area contributed by atoms with Crippen molar-refractivity contribution in [2.24, 2.45) is 11.7 Å². The van der Waals surface area contributed by atoms with Crippen LogP contribution in [-0.4, -0.2) is 39.7 Å². The number of ether oxygens (including phenoxy) is 2. The van der Waals surface area contributed by atoms with Gasteiger partial charge in [0.1, 0.15) is 11.9 Å². The maximum Gasteiger partial charge on any atom is 0.417 e. The highest BCUT2D eigenvalue weighted by molar-refractivity contribution is 6.02. The number of nitrogens with one attached hydrogen (secondary N) is 1. The molecule has 0 aliphatic carbocycles. The van der Waals surface area contributed by atoms with Gasteiger partial charge in [0.15, 0.2) is 22.9 Å². The second-order valence-corrected chi connectivity index (χ2v) is 8.44. The Labute approximate surface area is 190 Å². The molecule has 7 nitrogen and oxygen atoms in total. The first-order valence-electron chi connectivity index (χ1n) is 10.2. The molecule has 3 heterocycles. The molecule has 1 aliphatic heterocycles. The number of aryl methyl sites for hydroxylation is 1. The Kier molecular flexibility index (Phi) is 5.54. The van der Waals surface area contributed by atoms with Gasteiger partial charge in [-0.25, -0.2) is 14.4 Å². The van der Waals surface area contributed by atoms with Gasteiger partial charge in [0, 0.05) is 23.6 Å². The first kappa shape index (κ1) is 23.9. The van der Waals surface area contributed by atoms with E-state index in [9.17, 15) is 26.7 Å². The van der Waals surface area contributed by atoms with Gasteiger partial charge in [-0.1, -0.05) is 13.0 Å². The Hall–Kier alpha value is -3.28. The molecule has 182 valence electrons. The van der Waals surface area contributed by atoms with Gasteiger partial charge in [0.25, 0.3) is 5.91 Å². The van der Waals surface area contributed by atoms with Crippen molar-refractivity contribution >= 4 is 16.9 Å². The van der Waals surface area contributed by atoms with Crippen molar-refractivity contribution in [1.29, 1.82) is 0 Å². The summed E-state index contributed by atoms with van der Waals surface area (Å²) in [6.45, 7) is 3.85. The summed E-state index contributed by atoms with van der Waals surface area (Å²) in [5.74, 6) is -6.39. The van der Waals surface area contributed by atoms with Gasteiger partial charge in [-0.15, -0.1) is 0 Å². The summed E-state index contributed by atoms with van der Waals surface area (Å²) in [5, 5.41) is 0. The van der Waals surface area contributed by atoms with Crippen LogP contribution in [0.1, 0.15) is 53.3 Å². The number of benzene rings is 1. The molecule has 0 radical (unpaired) electrons. The van der Waals surface area contributed by atoms with E-state index >= 15 is 0 Å². The highest BCUT2D eigenvalue weighted by Crippen LogP contribution is 2.59. The lowest BCUT2D eigenvalue weighted by atomic mass is 9.77. The summed E-state index contributed by atoms with van der Waals surface area (Å²) in [4.78, 5) is 23.0. The van der Waals surface area contributed by atoms with Crippen molar-refractivity contribution in [1.82, 2.24) is 15.0 Å². The number of pyridine rings is 1. The van der Waals surface area contributed by atoms with Crippen molar-refractivity contribution < 1.29 is 36.2 Å². The van der Waals surface area contributed by atoms with E-state index < -0.39 is 53.0 Å². The molecular formula is C22H21F5N4O3. The fourth-order valence-electron chi connectivity index (χ4n) is 4.51. The van der Waals surface area contributed by atoms with E-state index in [1.807, 2.05) is 0 Å². The molecule has 4 atom stereocenters. The van der Waals surface area contributed by atoms with E-state index in [4.69, 9.17) is 15.2 Å². The molecule has 0 unspecified atom stereocenters. The topological polar surface area (TPSA) is 103 Å². The molecule has 12 heteroatoms. The third-order valence-corrected chi connectivity index (χ3v) is 6.53. The SMILES string of the molecule is COc1c([C@H]2[C@H](c3nc4c(C)cnc(C(N)=O)c4[nH]3)O[C@@](C)(C(F)(F)F)[C@H]2C)ccc(F)c1F. The summed E-state index contributed by atoms with van der Waals surface area (Å²) < 4.78 is 81.4. The molecule has 1 aromatic carbocycles. The van der Waals surface area contributed by atoms with Gasteiger partial charge < -0.3 is 20.2 Å². The average molecular weight is 484 g/mol. The minimum atomic E-state index is -4.80. The Morgan fingerprint density at radius 2 is 1.97 bits per heavy atom. The van der Waals surface area contributed by atoms with Crippen LogP contribution in [0.2, 0.25) is 0 Å². The maximum absolute atomic E-state index is 14.5. The van der Waals surface area contributed by atoms with E-state index in [1.165, 1.54) is 19.2 Å².